The summed E-state index contributed by atoms with van der Waals surface area (Å²) in [5, 5.41) is 7.05. The first-order valence-corrected chi connectivity index (χ1v) is 6.98. The Labute approximate surface area is 141 Å². The number of alkyl halides is 3. The van der Waals surface area contributed by atoms with Crippen LogP contribution in [-0.2, 0) is 21.1 Å². The van der Waals surface area contributed by atoms with Crippen LogP contribution in [0.5, 0.6) is 0 Å². The first-order valence-electron chi connectivity index (χ1n) is 6.98. The molecule has 0 heterocycles. The van der Waals surface area contributed by atoms with Gasteiger partial charge in [-0.05, 0) is 28.0 Å². The van der Waals surface area contributed by atoms with E-state index in [0.29, 0.717) is 5.56 Å². The number of carbonyl (C=O) groups excluding carboxylic acids is 1. The Kier molecular flexibility index (Phi) is 5.60. The van der Waals surface area contributed by atoms with Crippen molar-refractivity contribution in [2.45, 2.75) is 12.8 Å². The average molecular weight is 353 g/mol. The van der Waals surface area contributed by atoms with Gasteiger partial charge in [-0.1, -0.05) is 48.5 Å². The van der Waals surface area contributed by atoms with Gasteiger partial charge in [0.1, 0.15) is 6.61 Å². The monoisotopic (exact) mass is 353 g/mol. The molecule has 2 aromatic rings. The van der Waals surface area contributed by atoms with Gasteiger partial charge in [0.05, 0.1) is 0 Å². The van der Waals surface area contributed by atoms with Crippen molar-refractivity contribution < 1.29 is 27.6 Å². The van der Waals surface area contributed by atoms with Crippen LogP contribution in [0.1, 0.15) is 5.56 Å². The Bertz CT molecular complexity index is 751. The highest BCUT2D eigenvalue weighted by atomic mass is 19.4. The second-order valence-corrected chi connectivity index (χ2v) is 4.86. The highest BCUT2D eigenvalue weighted by molar-refractivity contribution is 5.79. The zero-order valence-corrected chi connectivity index (χ0v) is 12.8. The van der Waals surface area contributed by atoms with Crippen molar-refractivity contribution in [2.24, 2.45) is 5.73 Å². The summed E-state index contributed by atoms with van der Waals surface area (Å²) < 4.78 is 36.6. The van der Waals surface area contributed by atoms with E-state index in [4.69, 9.17) is 16.0 Å². The number of guanidine groups is 1. The highest BCUT2D eigenvalue weighted by Gasteiger charge is 2.43. The fraction of sp³-hybridized carbons (Fsp3) is 0.125. The molecule has 0 aliphatic heterocycles. The summed E-state index contributed by atoms with van der Waals surface area (Å²) in [6, 6.07) is 16.4. The van der Waals surface area contributed by atoms with Crippen LogP contribution in [0.15, 0.2) is 54.6 Å². The number of benzene rings is 2. The van der Waals surface area contributed by atoms with Gasteiger partial charge in [-0.2, -0.15) is 13.2 Å². The smallest absolute Gasteiger partial charge is 0.365 e. The van der Waals surface area contributed by atoms with Gasteiger partial charge in [0.25, 0.3) is 5.96 Å². The van der Waals surface area contributed by atoms with E-state index in [-0.39, 0.29) is 11.8 Å². The van der Waals surface area contributed by atoms with Gasteiger partial charge < -0.3 is 10.6 Å². The molecule has 0 aliphatic rings. The van der Waals surface area contributed by atoms with Crippen LogP contribution in [-0.4, -0.2) is 23.3 Å². The largest absolute Gasteiger partial charge is 0.493 e. The Hall–Kier alpha value is -3.07. The lowest BCUT2D eigenvalue weighted by atomic mass is 10.0. The number of rotatable bonds is 4. The Morgan fingerprint density at radius 1 is 1.08 bits per heavy atom. The van der Waals surface area contributed by atoms with Gasteiger partial charge in [0.2, 0.25) is 0 Å². The summed E-state index contributed by atoms with van der Waals surface area (Å²) >= 11 is 0. The summed E-state index contributed by atoms with van der Waals surface area (Å²) in [5.41, 5.74) is 7.44. The van der Waals surface area contributed by atoms with E-state index >= 15 is 0 Å². The van der Waals surface area contributed by atoms with E-state index < -0.39 is 18.1 Å². The lowest BCUT2D eigenvalue weighted by Gasteiger charge is -2.20. The molecule has 9 heteroatoms. The molecular formula is C16H14F3N3O3. The normalized spacial score (nSPS) is 11.0. The van der Waals surface area contributed by atoms with Crippen LogP contribution < -0.4 is 5.73 Å². The van der Waals surface area contributed by atoms with Crippen molar-refractivity contribution in [2.75, 3.05) is 0 Å². The molecule has 6 nitrogen and oxygen atoms in total. The van der Waals surface area contributed by atoms with Gasteiger partial charge in [0, 0.05) is 0 Å². The molecule has 0 saturated heterocycles. The molecule has 132 valence electrons. The highest BCUT2D eigenvalue weighted by Crippen LogP contribution is 2.21. The minimum Gasteiger partial charge on any atom is -0.365 e. The second-order valence-electron chi connectivity index (χ2n) is 4.86. The Balaban J connectivity index is 2.06. The maximum Gasteiger partial charge on any atom is 0.493 e. The third-order valence-electron chi connectivity index (χ3n) is 2.98. The fourth-order valence-corrected chi connectivity index (χ4v) is 1.88. The van der Waals surface area contributed by atoms with Gasteiger partial charge in [-0.3, -0.25) is 5.41 Å². The molecule has 0 spiro atoms. The maximum absolute atomic E-state index is 12.2. The molecule has 0 radical (unpaired) electrons. The van der Waals surface area contributed by atoms with Crippen LogP contribution in [0.25, 0.3) is 11.1 Å². The predicted octanol–water partition coefficient (Wildman–Crippen LogP) is 3.00. The van der Waals surface area contributed by atoms with Crippen LogP contribution in [0.2, 0.25) is 0 Å². The summed E-state index contributed by atoms with van der Waals surface area (Å²) in [6.45, 7) is -0.259. The summed E-state index contributed by atoms with van der Waals surface area (Å²) in [6.07, 6.45) is -5.23. The molecule has 0 saturated carbocycles. The van der Waals surface area contributed by atoms with Gasteiger partial charge in [-0.25, -0.2) is 9.63 Å². The zero-order chi connectivity index (χ0) is 18.4. The third-order valence-corrected chi connectivity index (χ3v) is 2.98. The van der Waals surface area contributed by atoms with E-state index in [1.165, 1.54) is 0 Å². The number of hydrogen-bond donors (Lipinski definition) is 2. The fourth-order valence-electron chi connectivity index (χ4n) is 1.88. The Morgan fingerprint density at radius 3 is 2.32 bits per heavy atom. The molecule has 0 bridgehead atoms. The van der Waals surface area contributed by atoms with Crippen LogP contribution >= 0.6 is 0 Å². The number of halogens is 3. The van der Waals surface area contributed by atoms with Crippen molar-refractivity contribution in [3.63, 3.8) is 0 Å². The SMILES string of the molecule is N=C(N)N(OCc1cccc(-c2ccccc2)c1)OC(=O)C(F)(F)F. The molecule has 2 rings (SSSR count). The topological polar surface area (TPSA) is 88.6 Å². The van der Waals surface area contributed by atoms with Crippen LogP contribution in [0, 0.1) is 5.41 Å². The summed E-state index contributed by atoms with van der Waals surface area (Å²) in [7, 11) is 0. The first kappa shape index (κ1) is 18.3. The standard InChI is InChI=1S/C16H14F3N3O3/c17-16(18,19)14(23)25-22(15(20)21)24-10-11-5-4-8-13(9-11)12-6-2-1-3-7-12/h1-9H,10H2,(H3,20,21). The molecule has 0 aliphatic carbocycles. The zero-order valence-electron chi connectivity index (χ0n) is 12.8. The molecule has 25 heavy (non-hydrogen) atoms. The van der Waals surface area contributed by atoms with Crippen molar-refractivity contribution in [3.05, 3.63) is 60.2 Å². The lowest BCUT2D eigenvalue weighted by molar-refractivity contribution is -0.322. The van der Waals surface area contributed by atoms with E-state index in [9.17, 15) is 18.0 Å². The average Bonchev–Trinajstić information content (AvgIpc) is 2.58. The van der Waals surface area contributed by atoms with Crippen LogP contribution in [0.4, 0.5) is 13.2 Å². The number of nitrogens with two attached hydrogens (primary N) is 1. The molecule has 3 N–H and O–H groups in total. The van der Waals surface area contributed by atoms with Crippen LogP contribution in [0.3, 0.4) is 0 Å². The van der Waals surface area contributed by atoms with E-state index in [0.717, 1.165) is 11.1 Å². The molecular weight excluding hydrogens is 339 g/mol. The second kappa shape index (κ2) is 7.67. The maximum atomic E-state index is 12.2. The summed E-state index contributed by atoms with van der Waals surface area (Å²) in [5.74, 6) is -3.54. The molecule has 0 amide bonds. The molecule has 2 aromatic carbocycles. The van der Waals surface area contributed by atoms with E-state index in [1.54, 1.807) is 18.2 Å². The van der Waals surface area contributed by atoms with E-state index in [1.807, 2.05) is 36.4 Å². The van der Waals surface area contributed by atoms with Gasteiger partial charge in [-0.15, -0.1) is 0 Å². The van der Waals surface area contributed by atoms with Crippen molar-refractivity contribution in [1.82, 2.24) is 5.23 Å². The van der Waals surface area contributed by atoms with Crippen molar-refractivity contribution >= 4 is 11.9 Å². The quantitative estimate of drug-likeness (QED) is 0.501. The lowest BCUT2D eigenvalue weighted by Crippen LogP contribution is -2.41. The molecule has 0 unspecified atom stereocenters. The van der Waals surface area contributed by atoms with Crippen molar-refractivity contribution in [1.29, 1.82) is 5.41 Å². The van der Waals surface area contributed by atoms with Gasteiger partial charge in [0.15, 0.2) is 0 Å². The predicted molar refractivity (Wildman–Crippen MR) is 82.6 cm³/mol. The number of nitrogens with one attached hydrogen (secondary N) is 1. The number of nitrogens with zero attached hydrogens (tertiary/aromatic N) is 1. The molecule has 0 atom stereocenters. The summed E-state index contributed by atoms with van der Waals surface area (Å²) in [4.78, 5) is 19.6. The number of hydrogen-bond acceptors (Lipinski definition) is 4. The number of hydroxylamine groups is 2. The van der Waals surface area contributed by atoms with Gasteiger partial charge >= 0.3 is 12.1 Å². The van der Waals surface area contributed by atoms with Crippen molar-refractivity contribution in [3.8, 4) is 11.1 Å². The van der Waals surface area contributed by atoms with E-state index in [2.05, 4.69) is 4.84 Å². The minimum absolute atomic E-state index is 0.0784. The number of carbonyl (C=O) groups is 1. The molecule has 0 aromatic heterocycles. The molecule has 0 fully saturated rings. The third kappa shape index (κ3) is 5.21. The first-order chi connectivity index (χ1) is 11.8. The minimum atomic E-state index is -5.23. The Morgan fingerprint density at radius 2 is 1.72 bits per heavy atom.